The Bertz CT molecular complexity index is 619. The van der Waals surface area contributed by atoms with Crippen molar-refractivity contribution in [2.24, 2.45) is 0 Å². The maximum atomic E-state index is 11.8. The maximum absolute atomic E-state index is 11.8. The first-order valence-corrected chi connectivity index (χ1v) is 8.37. The van der Waals surface area contributed by atoms with Gasteiger partial charge < -0.3 is 15.2 Å². The Kier molecular flexibility index (Phi) is 4.61. The van der Waals surface area contributed by atoms with Crippen LogP contribution < -0.4 is 10.0 Å². The van der Waals surface area contributed by atoms with E-state index in [0.717, 1.165) is 11.3 Å². The van der Waals surface area contributed by atoms with E-state index in [2.05, 4.69) is 10.0 Å². The number of nitrogens with one attached hydrogen (secondary N) is 2. The second-order valence-corrected chi connectivity index (χ2v) is 7.44. The van der Waals surface area contributed by atoms with Crippen LogP contribution in [0.2, 0.25) is 0 Å². The number of rotatable bonds is 6. The van der Waals surface area contributed by atoms with Gasteiger partial charge in [0.05, 0.1) is 13.2 Å². The zero-order chi connectivity index (χ0) is 15.5. The molecule has 1 unspecified atom stereocenters. The van der Waals surface area contributed by atoms with Gasteiger partial charge in [-0.2, -0.15) is 0 Å². The van der Waals surface area contributed by atoms with Crippen LogP contribution in [0.25, 0.3) is 0 Å². The molecule has 0 aromatic carbocycles. The summed E-state index contributed by atoms with van der Waals surface area (Å²) in [6.07, 6.45) is 0.145. The maximum Gasteiger partial charge on any atom is 0.331 e. The number of hydrogen-bond donors (Lipinski definition) is 3. The lowest BCUT2D eigenvalue weighted by atomic mass is 9.99. The summed E-state index contributed by atoms with van der Waals surface area (Å²) in [6, 6.07) is 2.99. The molecule has 1 aromatic rings. The normalized spacial score (nSPS) is 22.1. The highest BCUT2D eigenvalue weighted by Crippen LogP contribution is 2.19. The lowest BCUT2D eigenvalue weighted by molar-refractivity contribution is -0.147. The van der Waals surface area contributed by atoms with E-state index in [4.69, 9.17) is 9.84 Å². The predicted octanol–water partition coefficient (Wildman–Crippen LogP) is -0.614. The van der Waals surface area contributed by atoms with Crippen molar-refractivity contribution < 1.29 is 27.9 Å². The Hall–Kier alpha value is -1.49. The van der Waals surface area contributed by atoms with Gasteiger partial charge in [0.1, 0.15) is 4.21 Å². The highest BCUT2D eigenvalue weighted by molar-refractivity contribution is 7.91. The highest BCUT2D eigenvalue weighted by atomic mass is 32.2. The molecule has 0 radical (unpaired) electrons. The van der Waals surface area contributed by atoms with Gasteiger partial charge in [0.2, 0.25) is 5.91 Å². The lowest BCUT2D eigenvalue weighted by Crippen LogP contribution is -2.57. The summed E-state index contributed by atoms with van der Waals surface area (Å²) >= 11 is 1.02. The number of carboxylic acids is 1. The number of amides is 1. The van der Waals surface area contributed by atoms with E-state index in [9.17, 15) is 18.0 Å². The molecule has 1 fully saturated rings. The van der Waals surface area contributed by atoms with E-state index in [1.54, 1.807) is 11.4 Å². The van der Waals surface area contributed by atoms with E-state index in [-0.39, 0.29) is 23.8 Å². The fourth-order valence-electron chi connectivity index (χ4n) is 1.84. The van der Waals surface area contributed by atoms with Crippen molar-refractivity contribution >= 4 is 33.2 Å². The Morgan fingerprint density at radius 1 is 1.48 bits per heavy atom. The quantitative estimate of drug-likeness (QED) is 0.638. The predicted molar refractivity (Wildman–Crippen MR) is 73.5 cm³/mol. The summed E-state index contributed by atoms with van der Waals surface area (Å²) in [5.41, 5.74) is -1.48. The molecule has 1 aliphatic rings. The summed E-state index contributed by atoms with van der Waals surface area (Å²) in [4.78, 5) is 23.0. The fraction of sp³-hybridized carbons (Fsp3) is 0.455. The smallest absolute Gasteiger partial charge is 0.331 e. The highest BCUT2D eigenvalue weighted by Gasteiger charge is 2.43. The number of carbonyl (C=O) groups is 2. The third-order valence-electron chi connectivity index (χ3n) is 2.99. The number of carbonyl (C=O) groups excluding carboxylic acids is 1. The fourth-order valence-corrected chi connectivity index (χ4v) is 3.86. The first-order valence-electron chi connectivity index (χ1n) is 6.01. The van der Waals surface area contributed by atoms with Crippen molar-refractivity contribution in [3.8, 4) is 0 Å². The van der Waals surface area contributed by atoms with E-state index >= 15 is 0 Å². The minimum atomic E-state index is -3.76. The van der Waals surface area contributed by atoms with Gasteiger partial charge in [-0.3, -0.25) is 4.79 Å². The number of aliphatic carboxylic acids is 1. The molecule has 1 atom stereocenters. The SMILES string of the molecule is O=C(CNS(=O)(=O)c1cccs1)NC1(C(=O)O)CCOC1. The van der Waals surface area contributed by atoms with Gasteiger partial charge in [0.15, 0.2) is 5.54 Å². The van der Waals surface area contributed by atoms with Crippen molar-refractivity contribution in [1.82, 2.24) is 10.0 Å². The van der Waals surface area contributed by atoms with Crippen LogP contribution in [-0.4, -0.2) is 50.7 Å². The van der Waals surface area contributed by atoms with Gasteiger partial charge in [0, 0.05) is 13.0 Å². The zero-order valence-electron chi connectivity index (χ0n) is 10.9. The van der Waals surface area contributed by atoms with Crippen LogP contribution in [0.3, 0.4) is 0 Å². The van der Waals surface area contributed by atoms with Crippen LogP contribution >= 0.6 is 11.3 Å². The van der Waals surface area contributed by atoms with Crippen LogP contribution in [0, 0.1) is 0 Å². The van der Waals surface area contributed by atoms with Crippen LogP contribution in [0.15, 0.2) is 21.7 Å². The molecule has 10 heteroatoms. The summed E-state index contributed by atoms with van der Waals surface area (Å²) in [5, 5.41) is 13.1. The van der Waals surface area contributed by atoms with Crippen molar-refractivity contribution in [2.45, 2.75) is 16.2 Å². The Labute approximate surface area is 125 Å². The van der Waals surface area contributed by atoms with Gasteiger partial charge in [-0.15, -0.1) is 11.3 Å². The largest absolute Gasteiger partial charge is 0.479 e. The standard InChI is InChI=1S/C11H14N2O6S2/c14-8(13-11(10(15)16)3-4-19-7-11)6-12-21(17,18)9-2-1-5-20-9/h1-2,5,12H,3-4,6-7H2,(H,13,14)(H,15,16). The van der Waals surface area contributed by atoms with Crippen molar-refractivity contribution in [1.29, 1.82) is 0 Å². The molecule has 0 saturated carbocycles. The van der Waals surface area contributed by atoms with Crippen LogP contribution in [0.5, 0.6) is 0 Å². The summed E-state index contributed by atoms with van der Waals surface area (Å²) in [5.74, 6) is -1.92. The van der Waals surface area contributed by atoms with Gasteiger partial charge in [-0.1, -0.05) is 6.07 Å². The molecule has 21 heavy (non-hydrogen) atoms. The van der Waals surface area contributed by atoms with E-state index in [0.29, 0.717) is 0 Å². The number of hydrogen-bond acceptors (Lipinski definition) is 6. The summed E-state index contributed by atoms with van der Waals surface area (Å²) < 4.78 is 30.9. The molecule has 8 nitrogen and oxygen atoms in total. The third-order valence-corrected chi connectivity index (χ3v) is 5.79. The second kappa shape index (κ2) is 6.10. The number of thiophene rings is 1. The lowest BCUT2D eigenvalue weighted by Gasteiger charge is -2.23. The molecule has 0 bridgehead atoms. The Morgan fingerprint density at radius 2 is 2.24 bits per heavy atom. The van der Waals surface area contributed by atoms with Gasteiger partial charge in [-0.05, 0) is 11.4 Å². The number of ether oxygens (including phenoxy) is 1. The molecule has 2 heterocycles. The minimum Gasteiger partial charge on any atom is -0.479 e. The molecule has 3 N–H and O–H groups in total. The Balaban J connectivity index is 1.95. The van der Waals surface area contributed by atoms with Crippen LogP contribution in [0.1, 0.15) is 6.42 Å². The van der Waals surface area contributed by atoms with E-state index in [1.165, 1.54) is 6.07 Å². The first-order chi connectivity index (χ1) is 9.86. The van der Waals surface area contributed by atoms with Gasteiger partial charge >= 0.3 is 5.97 Å². The molecular weight excluding hydrogens is 320 g/mol. The molecule has 0 spiro atoms. The van der Waals surface area contributed by atoms with Crippen LogP contribution in [-0.2, 0) is 24.3 Å². The molecule has 2 rings (SSSR count). The molecular formula is C11H14N2O6S2. The number of sulfonamides is 1. The molecule has 1 amide bonds. The number of carboxylic acid groups (broad SMARTS) is 1. The molecule has 116 valence electrons. The average molecular weight is 334 g/mol. The van der Waals surface area contributed by atoms with Crippen LogP contribution in [0.4, 0.5) is 0 Å². The molecule has 1 aromatic heterocycles. The topological polar surface area (TPSA) is 122 Å². The minimum absolute atomic E-state index is 0.0902. The Morgan fingerprint density at radius 3 is 2.76 bits per heavy atom. The first kappa shape index (κ1) is 15.9. The van der Waals surface area contributed by atoms with Gasteiger partial charge in [0.25, 0.3) is 10.0 Å². The summed E-state index contributed by atoms with van der Waals surface area (Å²) in [7, 11) is -3.76. The van der Waals surface area contributed by atoms with Crippen molar-refractivity contribution in [3.63, 3.8) is 0 Å². The van der Waals surface area contributed by atoms with Crippen molar-refractivity contribution in [3.05, 3.63) is 17.5 Å². The second-order valence-electron chi connectivity index (χ2n) is 4.49. The molecule has 1 saturated heterocycles. The van der Waals surface area contributed by atoms with E-state index < -0.39 is 34.0 Å². The van der Waals surface area contributed by atoms with Crippen molar-refractivity contribution in [2.75, 3.05) is 19.8 Å². The summed E-state index contributed by atoms with van der Waals surface area (Å²) in [6.45, 7) is -0.436. The van der Waals surface area contributed by atoms with E-state index in [1.807, 2.05) is 0 Å². The monoisotopic (exact) mass is 334 g/mol. The van der Waals surface area contributed by atoms with Gasteiger partial charge in [-0.25, -0.2) is 17.9 Å². The molecule has 1 aliphatic heterocycles. The zero-order valence-corrected chi connectivity index (χ0v) is 12.5. The third kappa shape index (κ3) is 3.59. The average Bonchev–Trinajstić information content (AvgIpc) is 3.08. The molecule has 0 aliphatic carbocycles.